The normalized spacial score (nSPS) is 25.7. The van der Waals surface area contributed by atoms with E-state index in [9.17, 15) is 9.90 Å². The molecule has 1 fully saturated rings. The van der Waals surface area contributed by atoms with Crippen molar-refractivity contribution in [2.45, 2.75) is 31.8 Å². The Bertz CT molecular complexity index is 528. The number of carbonyl (C=O) groups is 1. The van der Waals surface area contributed by atoms with Gasteiger partial charge < -0.3 is 20.5 Å². The van der Waals surface area contributed by atoms with Crippen LogP contribution < -0.4 is 10.6 Å². The summed E-state index contributed by atoms with van der Waals surface area (Å²) in [5.41, 5.74) is 1.91. The SMILES string of the molecule is CC1(CNC(=O)NC[C@]2(O)CCOC2)Cc2ccccc2C1. The van der Waals surface area contributed by atoms with Crippen LogP contribution in [0, 0.1) is 5.41 Å². The highest BCUT2D eigenvalue weighted by Crippen LogP contribution is 2.35. The lowest BCUT2D eigenvalue weighted by molar-refractivity contribution is 0.0291. The van der Waals surface area contributed by atoms with Gasteiger partial charge in [0.15, 0.2) is 0 Å². The van der Waals surface area contributed by atoms with Gasteiger partial charge in [0.25, 0.3) is 0 Å². The Morgan fingerprint density at radius 3 is 2.45 bits per heavy atom. The maximum atomic E-state index is 11.9. The Labute approximate surface area is 131 Å². The molecule has 2 aliphatic rings. The number of fused-ring (bicyclic) bond motifs is 1. The molecule has 0 spiro atoms. The molecule has 0 saturated carbocycles. The number of ether oxygens (including phenoxy) is 1. The van der Waals surface area contributed by atoms with Crippen LogP contribution in [0.15, 0.2) is 24.3 Å². The van der Waals surface area contributed by atoms with Gasteiger partial charge in [0, 0.05) is 19.6 Å². The zero-order valence-electron chi connectivity index (χ0n) is 13.0. The quantitative estimate of drug-likeness (QED) is 0.784. The number of urea groups is 1. The van der Waals surface area contributed by atoms with Gasteiger partial charge in [-0.2, -0.15) is 0 Å². The molecule has 120 valence electrons. The lowest BCUT2D eigenvalue weighted by Gasteiger charge is -2.25. The molecule has 0 bridgehead atoms. The Morgan fingerprint density at radius 1 is 1.23 bits per heavy atom. The highest BCUT2D eigenvalue weighted by molar-refractivity contribution is 5.74. The first-order chi connectivity index (χ1) is 10.5. The summed E-state index contributed by atoms with van der Waals surface area (Å²) in [5.74, 6) is 0. The number of hydrogen-bond donors (Lipinski definition) is 3. The third-order valence-electron chi connectivity index (χ3n) is 4.69. The topological polar surface area (TPSA) is 70.6 Å². The van der Waals surface area contributed by atoms with Crippen LogP contribution in [0.4, 0.5) is 4.79 Å². The van der Waals surface area contributed by atoms with Crippen molar-refractivity contribution in [2.24, 2.45) is 5.41 Å². The van der Waals surface area contributed by atoms with Gasteiger partial charge in [-0.15, -0.1) is 0 Å². The van der Waals surface area contributed by atoms with Crippen molar-refractivity contribution in [1.82, 2.24) is 10.6 Å². The van der Waals surface area contributed by atoms with Crippen LogP contribution in [0.2, 0.25) is 0 Å². The lowest BCUT2D eigenvalue weighted by atomic mass is 9.87. The van der Waals surface area contributed by atoms with Crippen LogP contribution in [0.25, 0.3) is 0 Å². The Balaban J connectivity index is 1.45. The predicted molar refractivity (Wildman–Crippen MR) is 83.7 cm³/mol. The van der Waals surface area contributed by atoms with Gasteiger partial charge in [0.2, 0.25) is 0 Å². The van der Waals surface area contributed by atoms with E-state index in [2.05, 4.69) is 41.8 Å². The third kappa shape index (κ3) is 3.42. The number of rotatable bonds is 4. The summed E-state index contributed by atoms with van der Waals surface area (Å²) in [5, 5.41) is 15.8. The standard InChI is InChI=1S/C17H24N2O3/c1-16(8-13-4-2-3-5-14(13)9-16)10-18-15(20)19-11-17(21)6-7-22-12-17/h2-5,21H,6-12H2,1H3,(H2,18,19,20)/t17-/m1/s1. The minimum Gasteiger partial charge on any atom is -0.386 e. The Hall–Kier alpha value is -1.59. The molecule has 0 radical (unpaired) electrons. The number of benzene rings is 1. The number of amides is 2. The molecule has 22 heavy (non-hydrogen) atoms. The van der Waals surface area contributed by atoms with Crippen LogP contribution in [-0.2, 0) is 17.6 Å². The first kappa shape index (κ1) is 15.3. The largest absolute Gasteiger partial charge is 0.386 e. The van der Waals surface area contributed by atoms with Crippen molar-refractivity contribution < 1.29 is 14.6 Å². The van der Waals surface area contributed by atoms with Gasteiger partial charge >= 0.3 is 6.03 Å². The molecule has 1 saturated heterocycles. The van der Waals surface area contributed by atoms with E-state index in [-0.39, 0.29) is 18.0 Å². The van der Waals surface area contributed by atoms with E-state index < -0.39 is 5.60 Å². The van der Waals surface area contributed by atoms with Gasteiger partial charge in [-0.05, 0) is 29.4 Å². The van der Waals surface area contributed by atoms with Crippen molar-refractivity contribution in [3.63, 3.8) is 0 Å². The molecule has 3 rings (SSSR count). The zero-order valence-corrected chi connectivity index (χ0v) is 13.0. The summed E-state index contributed by atoms with van der Waals surface area (Å²) in [6, 6.07) is 8.23. The second kappa shape index (κ2) is 5.89. The van der Waals surface area contributed by atoms with Crippen molar-refractivity contribution >= 4 is 6.03 Å². The molecular weight excluding hydrogens is 280 g/mol. The van der Waals surface area contributed by atoms with Gasteiger partial charge in [0.05, 0.1) is 13.2 Å². The monoisotopic (exact) mass is 304 g/mol. The smallest absolute Gasteiger partial charge is 0.314 e. The molecule has 0 aromatic heterocycles. The molecule has 1 heterocycles. The van der Waals surface area contributed by atoms with Crippen LogP contribution in [-0.4, -0.2) is 43.0 Å². The predicted octanol–water partition coefficient (Wildman–Crippen LogP) is 1.24. The van der Waals surface area contributed by atoms with Crippen molar-refractivity contribution in [3.05, 3.63) is 35.4 Å². The molecule has 5 heteroatoms. The molecule has 1 aliphatic carbocycles. The fourth-order valence-electron chi connectivity index (χ4n) is 3.35. The Morgan fingerprint density at radius 2 is 1.86 bits per heavy atom. The van der Waals surface area contributed by atoms with Gasteiger partial charge in [-0.3, -0.25) is 0 Å². The summed E-state index contributed by atoms with van der Waals surface area (Å²) in [6.45, 7) is 3.90. The maximum absolute atomic E-state index is 11.9. The molecule has 2 amide bonds. The van der Waals surface area contributed by atoms with Gasteiger partial charge in [0.1, 0.15) is 5.60 Å². The van der Waals surface area contributed by atoms with E-state index in [1.165, 1.54) is 11.1 Å². The molecule has 3 N–H and O–H groups in total. The summed E-state index contributed by atoms with van der Waals surface area (Å²) >= 11 is 0. The third-order valence-corrected chi connectivity index (χ3v) is 4.69. The Kier molecular flexibility index (Phi) is 4.10. The van der Waals surface area contributed by atoms with Gasteiger partial charge in [-0.25, -0.2) is 4.79 Å². The first-order valence-electron chi connectivity index (χ1n) is 7.87. The van der Waals surface area contributed by atoms with E-state index >= 15 is 0 Å². The summed E-state index contributed by atoms with van der Waals surface area (Å²) < 4.78 is 5.16. The average Bonchev–Trinajstić information content (AvgIpc) is 3.07. The van der Waals surface area contributed by atoms with Crippen LogP contribution in [0.3, 0.4) is 0 Å². The second-order valence-corrected chi connectivity index (χ2v) is 7.00. The molecular formula is C17H24N2O3. The number of carbonyl (C=O) groups excluding carboxylic acids is 1. The minimum absolute atomic E-state index is 0.0639. The molecule has 1 aromatic rings. The molecule has 1 atom stereocenters. The zero-order chi connectivity index (χ0) is 15.6. The molecule has 1 aromatic carbocycles. The minimum atomic E-state index is -0.912. The fourth-order valence-corrected chi connectivity index (χ4v) is 3.35. The fraction of sp³-hybridized carbons (Fsp3) is 0.588. The van der Waals surface area contributed by atoms with Gasteiger partial charge in [-0.1, -0.05) is 31.2 Å². The van der Waals surface area contributed by atoms with Crippen molar-refractivity contribution in [3.8, 4) is 0 Å². The van der Waals surface area contributed by atoms with E-state index in [1.54, 1.807) is 0 Å². The lowest BCUT2D eigenvalue weighted by Crippen LogP contribution is -2.48. The van der Waals surface area contributed by atoms with E-state index in [0.29, 0.717) is 26.2 Å². The van der Waals surface area contributed by atoms with Crippen LogP contribution >= 0.6 is 0 Å². The molecule has 1 aliphatic heterocycles. The maximum Gasteiger partial charge on any atom is 0.314 e. The number of nitrogens with one attached hydrogen (secondary N) is 2. The summed E-state index contributed by atoms with van der Waals surface area (Å²) in [4.78, 5) is 11.9. The van der Waals surface area contributed by atoms with E-state index in [4.69, 9.17) is 4.74 Å². The first-order valence-corrected chi connectivity index (χ1v) is 7.87. The highest BCUT2D eigenvalue weighted by atomic mass is 16.5. The van der Waals surface area contributed by atoms with Crippen LogP contribution in [0.1, 0.15) is 24.5 Å². The van der Waals surface area contributed by atoms with Crippen molar-refractivity contribution in [1.29, 1.82) is 0 Å². The summed E-state index contributed by atoms with van der Waals surface area (Å²) in [7, 11) is 0. The van der Waals surface area contributed by atoms with Crippen molar-refractivity contribution in [2.75, 3.05) is 26.3 Å². The van der Waals surface area contributed by atoms with Crippen LogP contribution in [0.5, 0.6) is 0 Å². The average molecular weight is 304 g/mol. The number of hydrogen-bond acceptors (Lipinski definition) is 3. The second-order valence-electron chi connectivity index (χ2n) is 7.00. The van der Waals surface area contributed by atoms with E-state index in [0.717, 1.165) is 12.8 Å². The molecule has 0 unspecified atom stereocenters. The summed E-state index contributed by atoms with van der Waals surface area (Å²) in [6.07, 6.45) is 2.54. The number of aliphatic hydroxyl groups is 1. The van der Waals surface area contributed by atoms with E-state index in [1.807, 2.05) is 0 Å². The highest BCUT2D eigenvalue weighted by Gasteiger charge is 2.34. The molecule has 5 nitrogen and oxygen atoms in total.